The molecule has 0 saturated carbocycles. The molecule has 0 fully saturated rings. The van der Waals surface area contributed by atoms with Crippen LogP contribution < -0.4 is 10.4 Å². The van der Waals surface area contributed by atoms with Crippen molar-refractivity contribution in [3.05, 3.63) is 40.8 Å². The number of hydrogen-bond donors (Lipinski definition) is 0. The monoisotopic (exact) mass is 232 g/mol. The number of fused-ring (bicyclic) bond motifs is 1. The molecule has 2 aromatic rings. The van der Waals surface area contributed by atoms with Crippen molar-refractivity contribution in [1.29, 1.82) is 0 Å². The lowest BCUT2D eigenvalue weighted by molar-refractivity contribution is -0.120. The van der Waals surface area contributed by atoms with E-state index in [4.69, 9.17) is 9.15 Å². The summed E-state index contributed by atoms with van der Waals surface area (Å²) in [5.41, 5.74) is 0.0539. The van der Waals surface area contributed by atoms with Gasteiger partial charge in [-0.1, -0.05) is 6.92 Å². The number of carbonyl (C=O) groups is 1. The zero-order chi connectivity index (χ0) is 12.3. The first kappa shape index (κ1) is 11.4. The van der Waals surface area contributed by atoms with Crippen LogP contribution in [0.5, 0.6) is 5.75 Å². The van der Waals surface area contributed by atoms with Crippen molar-refractivity contribution in [2.24, 2.45) is 0 Å². The minimum absolute atomic E-state index is 0.0274. The number of hydrogen-bond acceptors (Lipinski definition) is 4. The molecular weight excluding hydrogens is 220 g/mol. The van der Waals surface area contributed by atoms with Gasteiger partial charge in [-0.25, -0.2) is 4.79 Å². The van der Waals surface area contributed by atoms with Crippen molar-refractivity contribution >= 4 is 16.8 Å². The van der Waals surface area contributed by atoms with Gasteiger partial charge >= 0.3 is 5.63 Å². The fourth-order valence-corrected chi connectivity index (χ4v) is 1.40. The van der Waals surface area contributed by atoms with Gasteiger partial charge < -0.3 is 9.15 Å². The van der Waals surface area contributed by atoms with E-state index in [-0.39, 0.29) is 12.4 Å². The second-order valence-electron chi connectivity index (χ2n) is 3.63. The summed E-state index contributed by atoms with van der Waals surface area (Å²) in [4.78, 5) is 22.1. The van der Waals surface area contributed by atoms with Crippen LogP contribution in [-0.4, -0.2) is 12.4 Å². The summed E-state index contributed by atoms with van der Waals surface area (Å²) in [6, 6.07) is 8.18. The molecular formula is C13H12O4. The fraction of sp³-hybridized carbons (Fsp3) is 0.231. The van der Waals surface area contributed by atoms with Crippen molar-refractivity contribution in [3.63, 3.8) is 0 Å². The van der Waals surface area contributed by atoms with Gasteiger partial charge in [-0.15, -0.1) is 0 Å². The average Bonchev–Trinajstić information content (AvgIpc) is 2.35. The fourth-order valence-electron chi connectivity index (χ4n) is 1.40. The average molecular weight is 232 g/mol. The maximum absolute atomic E-state index is 11.1. The van der Waals surface area contributed by atoms with Gasteiger partial charge in [0.1, 0.15) is 17.9 Å². The molecule has 0 aliphatic rings. The molecule has 0 N–H and O–H groups in total. The number of ether oxygens (including phenoxy) is 1. The van der Waals surface area contributed by atoms with E-state index in [2.05, 4.69) is 0 Å². The lowest BCUT2D eigenvalue weighted by atomic mass is 10.2. The number of carbonyl (C=O) groups excluding carboxylic acids is 1. The summed E-state index contributed by atoms with van der Waals surface area (Å²) in [5, 5.41) is 0.818. The molecule has 0 unspecified atom stereocenters. The molecule has 1 aromatic heterocycles. The number of benzene rings is 1. The predicted octanol–water partition coefficient (Wildman–Crippen LogP) is 2.15. The highest BCUT2D eigenvalue weighted by Crippen LogP contribution is 2.19. The van der Waals surface area contributed by atoms with Crippen LogP contribution >= 0.6 is 0 Å². The van der Waals surface area contributed by atoms with Crippen molar-refractivity contribution in [2.45, 2.75) is 13.3 Å². The van der Waals surface area contributed by atoms with Gasteiger partial charge in [-0.2, -0.15) is 0 Å². The van der Waals surface area contributed by atoms with Gasteiger partial charge in [-0.05, 0) is 18.2 Å². The van der Waals surface area contributed by atoms with E-state index in [1.807, 2.05) is 0 Å². The van der Waals surface area contributed by atoms with E-state index in [0.29, 0.717) is 17.8 Å². The van der Waals surface area contributed by atoms with Crippen LogP contribution in [0.4, 0.5) is 0 Å². The minimum Gasteiger partial charge on any atom is -0.486 e. The molecule has 2 rings (SSSR count). The topological polar surface area (TPSA) is 56.5 Å². The Kier molecular flexibility index (Phi) is 3.23. The molecule has 88 valence electrons. The Morgan fingerprint density at radius 1 is 1.29 bits per heavy atom. The Hall–Kier alpha value is -2.10. The van der Waals surface area contributed by atoms with Crippen molar-refractivity contribution in [1.82, 2.24) is 0 Å². The highest BCUT2D eigenvalue weighted by molar-refractivity contribution is 5.80. The molecule has 0 aliphatic carbocycles. The van der Waals surface area contributed by atoms with E-state index < -0.39 is 5.63 Å². The zero-order valence-corrected chi connectivity index (χ0v) is 9.43. The molecule has 0 bridgehead atoms. The van der Waals surface area contributed by atoms with Crippen LogP contribution in [0.2, 0.25) is 0 Å². The van der Waals surface area contributed by atoms with Gasteiger partial charge in [0, 0.05) is 23.9 Å². The lowest BCUT2D eigenvalue weighted by Gasteiger charge is -2.04. The summed E-state index contributed by atoms with van der Waals surface area (Å²) in [5.74, 6) is 0.549. The van der Waals surface area contributed by atoms with Gasteiger partial charge in [-0.3, -0.25) is 4.79 Å². The SMILES string of the molecule is CCC(=O)COc1ccc2ccc(=O)oc2c1. The summed E-state index contributed by atoms with van der Waals surface area (Å²) in [7, 11) is 0. The molecule has 0 radical (unpaired) electrons. The standard InChI is InChI=1S/C13H12O4/c1-2-10(14)8-16-11-5-3-9-4-6-13(15)17-12(9)7-11/h3-7H,2,8H2,1H3. The Balaban J connectivity index is 2.25. The van der Waals surface area contributed by atoms with E-state index in [9.17, 15) is 9.59 Å². The van der Waals surface area contributed by atoms with Crippen LogP contribution in [0.15, 0.2) is 39.5 Å². The Morgan fingerprint density at radius 2 is 2.06 bits per heavy atom. The van der Waals surface area contributed by atoms with Gasteiger partial charge in [0.25, 0.3) is 0 Å². The molecule has 0 amide bonds. The van der Waals surface area contributed by atoms with Crippen molar-refractivity contribution < 1.29 is 13.9 Å². The van der Waals surface area contributed by atoms with Crippen LogP contribution in [0.3, 0.4) is 0 Å². The Bertz CT molecular complexity index is 598. The Morgan fingerprint density at radius 3 is 2.82 bits per heavy atom. The maximum atomic E-state index is 11.1. The zero-order valence-electron chi connectivity index (χ0n) is 9.43. The third-order valence-electron chi connectivity index (χ3n) is 2.39. The molecule has 4 heteroatoms. The van der Waals surface area contributed by atoms with Crippen LogP contribution in [0.25, 0.3) is 11.0 Å². The van der Waals surface area contributed by atoms with Gasteiger partial charge in [0.05, 0.1) is 0 Å². The number of Topliss-reactive ketones (excluding diaryl/α,β-unsaturated/α-hetero) is 1. The molecule has 4 nitrogen and oxygen atoms in total. The first-order valence-electron chi connectivity index (χ1n) is 5.37. The quantitative estimate of drug-likeness (QED) is 0.758. The molecule has 17 heavy (non-hydrogen) atoms. The smallest absolute Gasteiger partial charge is 0.336 e. The summed E-state index contributed by atoms with van der Waals surface area (Å²) in [6.45, 7) is 1.82. The molecule has 0 aliphatic heterocycles. The lowest BCUT2D eigenvalue weighted by Crippen LogP contribution is -2.09. The first-order valence-corrected chi connectivity index (χ1v) is 5.37. The summed E-state index contributed by atoms with van der Waals surface area (Å²) in [6.07, 6.45) is 0.447. The first-order chi connectivity index (χ1) is 8.19. The third-order valence-corrected chi connectivity index (χ3v) is 2.39. The highest BCUT2D eigenvalue weighted by atomic mass is 16.5. The number of rotatable bonds is 4. The largest absolute Gasteiger partial charge is 0.486 e. The maximum Gasteiger partial charge on any atom is 0.336 e. The Labute approximate surface area is 97.8 Å². The van der Waals surface area contributed by atoms with Gasteiger partial charge in [0.2, 0.25) is 0 Å². The second-order valence-corrected chi connectivity index (χ2v) is 3.63. The predicted molar refractivity (Wildman–Crippen MR) is 63.3 cm³/mol. The molecule has 1 heterocycles. The summed E-state index contributed by atoms with van der Waals surface area (Å²) < 4.78 is 10.3. The summed E-state index contributed by atoms with van der Waals surface area (Å²) >= 11 is 0. The van der Waals surface area contributed by atoms with Crippen LogP contribution in [0.1, 0.15) is 13.3 Å². The van der Waals surface area contributed by atoms with E-state index >= 15 is 0 Å². The van der Waals surface area contributed by atoms with E-state index in [1.165, 1.54) is 6.07 Å². The van der Waals surface area contributed by atoms with E-state index in [0.717, 1.165) is 5.39 Å². The number of ketones is 1. The van der Waals surface area contributed by atoms with Crippen molar-refractivity contribution in [2.75, 3.05) is 6.61 Å². The normalized spacial score (nSPS) is 10.4. The third kappa shape index (κ3) is 2.72. The molecule has 0 saturated heterocycles. The van der Waals surface area contributed by atoms with Gasteiger partial charge in [0.15, 0.2) is 5.78 Å². The van der Waals surface area contributed by atoms with E-state index in [1.54, 1.807) is 31.2 Å². The van der Waals surface area contributed by atoms with Crippen LogP contribution in [-0.2, 0) is 4.79 Å². The molecule has 0 atom stereocenters. The van der Waals surface area contributed by atoms with Crippen molar-refractivity contribution in [3.8, 4) is 5.75 Å². The molecule has 0 spiro atoms. The minimum atomic E-state index is -0.403. The second kappa shape index (κ2) is 4.82. The highest BCUT2D eigenvalue weighted by Gasteiger charge is 2.02. The molecule has 1 aromatic carbocycles. The van der Waals surface area contributed by atoms with Crippen LogP contribution in [0, 0.1) is 0 Å².